The number of nitrogens with two attached hydrogens (primary N) is 1. The van der Waals surface area contributed by atoms with Crippen LogP contribution in [0.1, 0.15) is 39.4 Å². The minimum atomic E-state index is -0.403. The number of rotatable bonds is 6. The van der Waals surface area contributed by atoms with Crippen LogP contribution in [0.5, 0.6) is 0 Å². The van der Waals surface area contributed by atoms with Gasteiger partial charge in [0.25, 0.3) is 0 Å². The predicted octanol–water partition coefficient (Wildman–Crippen LogP) is 1.80. The number of carbonyl (C=O) groups excluding carboxylic acids is 2. The Hall–Kier alpha value is -2.74. The lowest BCUT2D eigenvalue weighted by molar-refractivity contribution is -0.133. The molecular formula is C22H32N6O2. The van der Waals surface area contributed by atoms with E-state index in [1.807, 2.05) is 49.9 Å². The van der Waals surface area contributed by atoms with Gasteiger partial charge in [-0.1, -0.05) is 32.9 Å². The minimum absolute atomic E-state index is 0.0140. The first-order valence-electron chi connectivity index (χ1n) is 10.5. The minimum Gasteiger partial charge on any atom is -0.383 e. The normalized spacial score (nSPS) is 15.4. The largest absolute Gasteiger partial charge is 0.383 e. The summed E-state index contributed by atoms with van der Waals surface area (Å²) in [5, 5.41) is 3.76. The lowest BCUT2D eigenvalue weighted by Crippen LogP contribution is -2.48. The van der Waals surface area contributed by atoms with Crippen LogP contribution in [0.2, 0.25) is 0 Å². The summed E-state index contributed by atoms with van der Waals surface area (Å²) in [6.45, 7) is 9.73. The lowest BCUT2D eigenvalue weighted by atomic mass is 9.96. The Morgan fingerprint density at radius 2 is 1.80 bits per heavy atom. The molecule has 0 radical (unpaired) electrons. The Balaban J connectivity index is 1.42. The zero-order chi connectivity index (χ0) is 21.7. The highest BCUT2D eigenvalue weighted by Crippen LogP contribution is 2.18. The number of amides is 2. The second kappa shape index (κ2) is 9.38. The third-order valence-corrected chi connectivity index (χ3v) is 5.30. The van der Waals surface area contributed by atoms with Crippen molar-refractivity contribution in [2.75, 3.05) is 38.5 Å². The van der Waals surface area contributed by atoms with E-state index in [1.54, 1.807) is 0 Å². The molecule has 0 aliphatic carbocycles. The van der Waals surface area contributed by atoms with Crippen molar-refractivity contribution in [3.8, 4) is 0 Å². The van der Waals surface area contributed by atoms with Crippen molar-refractivity contribution in [1.29, 1.82) is 0 Å². The van der Waals surface area contributed by atoms with Crippen LogP contribution in [0.3, 0.4) is 0 Å². The van der Waals surface area contributed by atoms with Crippen molar-refractivity contribution in [3.63, 3.8) is 0 Å². The van der Waals surface area contributed by atoms with Crippen molar-refractivity contribution >= 4 is 28.5 Å². The van der Waals surface area contributed by atoms with Crippen LogP contribution in [-0.4, -0.2) is 64.3 Å². The molecule has 2 heterocycles. The van der Waals surface area contributed by atoms with Gasteiger partial charge in [0.15, 0.2) is 0 Å². The number of fused-ring (bicyclic) bond motifs is 1. The van der Waals surface area contributed by atoms with Crippen LogP contribution in [0.15, 0.2) is 24.3 Å². The van der Waals surface area contributed by atoms with Gasteiger partial charge in [0.2, 0.25) is 11.8 Å². The smallest absolute Gasteiger partial charge is 0.225 e. The van der Waals surface area contributed by atoms with Crippen LogP contribution in [0.4, 0.5) is 5.82 Å². The van der Waals surface area contributed by atoms with Crippen LogP contribution in [0, 0.1) is 5.41 Å². The molecule has 3 N–H and O–H groups in total. The molecule has 1 aliphatic rings. The average Bonchev–Trinajstić information content (AvgIpc) is 2.71. The zero-order valence-corrected chi connectivity index (χ0v) is 18.1. The van der Waals surface area contributed by atoms with E-state index in [9.17, 15) is 9.59 Å². The van der Waals surface area contributed by atoms with Gasteiger partial charge < -0.3 is 16.0 Å². The van der Waals surface area contributed by atoms with Crippen molar-refractivity contribution in [2.24, 2.45) is 5.41 Å². The number of piperazine rings is 1. The highest BCUT2D eigenvalue weighted by atomic mass is 16.2. The van der Waals surface area contributed by atoms with E-state index in [1.165, 1.54) is 0 Å². The molecule has 162 valence electrons. The van der Waals surface area contributed by atoms with E-state index < -0.39 is 5.41 Å². The summed E-state index contributed by atoms with van der Waals surface area (Å²) in [6, 6.07) is 7.73. The molecule has 2 aromatic rings. The number of hydrogen-bond donors (Lipinski definition) is 2. The van der Waals surface area contributed by atoms with Crippen molar-refractivity contribution < 1.29 is 9.59 Å². The SMILES string of the molecule is CC(C)(C)C(=O)NCCCC(=O)N1CCN(Cc2nc(N)c3ccccc3n2)CC1. The molecule has 2 amide bonds. The van der Waals surface area contributed by atoms with Gasteiger partial charge in [-0.25, -0.2) is 9.97 Å². The van der Waals surface area contributed by atoms with E-state index in [0.717, 1.165) is 24.0 Å². The fraction of sp³-hybridized carbons (Fsp3) is 0.545. The summed E-state index contributed by atoms with van der Waals surface area (Å²) in [5.41, 5.74) is 6.53. The maximum atomic E-state index is 12.4. The molecule has 0 saturated carbocycles. The Kier molecular flexibility index (Phi) is 6.87. The van der Waals surface area contributed by atoms with Crippen LogP contribution in [-0.2, 0) is 16.1 Å². The van der Waals surface area contributed by atoms with Gasteiger partial charge in [0.05, 0.1) is 12.1 Å². The van der Waals surface area contributed by atoms with E-state index in [-0.39, 0.29) is 11.8 Å². The predicted molar refractivity (Wildman–Crippen MR) is 118 cm³/mol. The molecule has 1 fully saturated rings. The number of nitrogens with zero attached hydrogens (tertiary/aromatic N) is 4. The number of nitrogens with one attached hydrogen (secondary N) is 1. The monoisotopic (exact) mass is 412 g/mol. The second-order valence-electron chi connectivity index (χ2n) is 8.81. The second-order valence-corrected chi connectivity index (χ2v) is 8.81. The Morgan fingerprint density at radius 1 is 1.10 bits per heavy atom. The molecule has 1 aromatic heterocycles. The first-order valence-corrected chi connectivity index (χ1v) is 10.5. The van der Waals surface area contributed by atoms with Crippen LogP contribution < -0.4 is 11.1 Å². The van der Waals surface area contributed by atoms with Crippen LogP contribution in [0.25, 0.3) is 10.9 Å². The molecule has 0 atom stereocenters. The molecule has 0 spiro atoms. The molecule has 1 aromatic carbocycles. The van der Waals surface area contributed by atoms with Crippen molar-refractivity contribution in [2.45, 2.75) is 40.2 Å². The number of carbonyl (C=O) groups is 2. The number of aromatic nitrogens is 2. The third kappa shape index (κ3) is 5.66. The number of hydrogen-bond acceptors (Lipinski definition) is 6. The topological polar surface area (TPSA) is 104 Å². The Bertz CT molecular complexity index is 900. The Labute approximate surface area is 177 Å². The van der Waals surface area contributed by atoms with Crippen molar-refractivity contribution in [1.82, 2.24) is 25.1 Å². The van der Waals surface area contributed by atoms with Gasteiger partial charge in [0.1, 0.15) is 11.6 Å². The lowest BCUT2D eigenvalue weighted by Gasteiger charge is -2.34. The average molecular weight is 413 g/mol. The fourth-order valence-corrected chi connectivity index (χ4v) is 3.44. The molecule has 1 saturated heterocycles. The number of anilines is 1. The first-order chi connectivity index (χ1) is 14.2. The Morgan fingerprint density at radius 3 is 2.50 bits per heavy atom. The number of para-hydroxylation sites is 1. The van der Waals surface area contributed by atoms with E-state index in [0.29, 0.717) is 50.7 Å². The molecule has 0 unspecified atom stereocenters. The maximum absolute atomic E-state index is 12.4. The van der Waals surface area contributed by atoms with E-state index >= 15 is 0 Å². The maximum Gasteiger partial charge on any atom is 0.225 e. The molecule has 8 nitrogen and oxygen atoms in total. The summed E-state index contributed by atoms with van der Waals surface area (Å²) >= 11 is 0. The van der Waals surface area contributed by atoms with Gasteiger partial charge in [-0.15, -0.1) is 0 Å². The van der Waals surface area contributed by atoms with Gasteiger partial charge in [-0.05, 0) is 18.6 Å². The van der Waals surface area contributed by atoms with Gasteiger partial charge >= 0.3 is 0 Å². The summed E-state index contributed by atoms with van der Waals surface area (Å²) < 4.78 is 0. The van der Waals surface area contributed by atoms with E-state index in [2.05, 4.69) is 20.2 Å². The summed E-state index contributed by atoms with van der Waals surface area (Å²) in [5.74, 6) is 1.37. The number of benzene rings is 1. The summed E-state index contributed by atoms with van der Waals surface area (Å²) in [6.07, 6.45) is 1.11. The fourth-order valence-electron chi connectivity index (χ4n) is 3.44. The molecule has 0 bridgehead atoms. The molecular weight excluding hydrogens is 380 g/mol. The zero-order valence-electron chi connectivity index (χ0n) is 18.1. The van der Waals surface area contributed by atoms with Crippen LogP contribution >= 0.6 is 0 Å². The van der Waals surface area contributed by atoms with E-state index in [4.69, 9.17) is 5.73 Å². The van der Waals surface area contributed by atoms with Crippen molar-refractivity contribution in [3.05, 3.63) is 30.1 Å². The third-order valence-electron chi connectivity index (χ3n) is 5.30. The highest BCUT2D eigenvalue weighted by Gasteiger charge is 2.23. The summed E-state index contributed by atoms with van der Waals surface area (Å²) in [4.78, 5) is 37.5. The first kappa shape index (κ1) is 22.0. The number of nitrogen functional groups attached to an aromatic ring is 1. The highest BCUT2D eigenvalue weighted by molar-refractivity contribution is 5.87. The van der Waals surface area contributed by atoms with Gasteiger partial charge in [-0.3, -0.25) is 14.5 Å². The molecule has 30 heavy (non-hydrogen) atoms. The van der Waals surface area contributed by atoms with Gasteiger partial charge in [0, 0.05) is 49.9 Å². The molecule has 8 heteroatoms. The van der Waals surface area contributed by atoms with Gasteiger partial charge in [-0.2, -0.15) is 0 Å². The molecule has 3 rings (SSSR count). The summed E-state index contributed by atoms with van der Waals surface area (Å²) in [7, 11) is 0. The quantitative estimate of drug-likeness (QED) is 0.701. The standard InChI is InChI=1S/C22H32N6O2/c1-22(2,3)21(30)24-10-6-9-19(29)28-13-11-27(12-14-28)15-18-25-17-8-5-4-7-16(17)20(23)26-18/h4-5,7-8H,6,9-15H2,1-3H3,(H,24,30)(H2,23,25,26). The molecule has 1 aliphatic heterocycles.